The SMILES string of the molecule is CCCCCCCCCCCCCCCCC(CCCCCCCCCC)(CCCCCCC(CCCCCCCCCC)(CCCCCCCCCCCCCCCC)C(=O)OCCCCCCCCCC)C(=O)OCCCCCCCCCC. The van der Waals surface area contributed by atoms with Crippen LogP contribution in [-0.4, -0.2) is 25.2 Å². The van der Waals surface area contributed by atoms with Gasteiger partial charge in [0.1, 0.15) is 0 Å². The first-order valence-electron chi connectivity index (χ1n) is 40.8. The summed E-state index contributed by atoms with van der Waals surface area (Å²) in [7, 11) is 0. The Morgan fingerprint density at radius 2 is 0.291 bits per heavy atom. The van der Waals surface area contributed by atoms with Gasteiger partial charge in [0, 0.05) is 0 Å². The van der Waals surface area contributed by atoms with Crippen molar-refractivity contribution >= 4 is 11.9 Å². The molecule has 0 aromatic carbocycles. The summed E-state index contributed by atoms with van der Waals surface area (Å²) in [4.78, 5) is 29.6. The molecule has 2 unspecified atom stereocenters. The minimum Gasteiger partial charge on any atom is -0.465 e. The van der Waals surface area contributed by atoms with Gasteiger partial charge in [-0.3, -0.25) is 9.59 Å². The Kier molecular flexibility index (Phi) is 69.0. The highest BCUT2D eigenvalue weighted by Gasteiger charge is 2.40. The molecule has 0 aromatic heterocycles. The molecule has 0 saturated heterocycles. The van der Waals surface area contributed by atoms with Crippen LogP contribution in [0.15, 0.2) is 0 Å². The van der Waals surface area contributed by atoms with Crippen molar-refractivity contribution in [3.8, 4) is 0 Å². The molecule has 0 fully saturated rings. The van der Waals surface area contributed by atoms with Crippen LogP contribution in [0.2, 0.25) is 0 Å². The average Bonchev–Trinajstić information content (AvgIpc) is 2.63. The predicted molar refractivity (Wildman–Crippen MR) is 384 cm³/mol. The summed E-state index contributed by atoms with van der Waals surface area (Å²) in [5.41, 5.74) is -0.708. The molecule has 0 saturated carbocycles. The Bertz CT molecular complexity index is 1210. The zero-order chi connectivity index (χ0) is 62.5. The molecule has 0 heterocycles. The minimum absolute atomic E-state index is 0.148. The van der Waals surface area contributed by atoms with Crippen molar-refractivity contribution in [2.24, 2.45) is 10.8 Å². The average molecular weight is 1210 g/mol. The molecular formula is C82H162O4. The molecule has 0 aromatic rings. The molecule has 2 atom stereocenters. The molecule has 0 rings (SSSR count). The van der Waals surface area contributed by atoms with E-state index < -0.39 is 0 Å². The van der Waals surface area contributed by atoms with E-state index in [2.05, 4.69) is 41.5 Å². The summed E-state index contributed by atoms with van der Waals surface area (Å²) in [5.74, 6) is 0.296. The van der Waals surface area contributed by atoms with Gasteiger partial charge in [0.05, 0.1) is 24.0 Å². The fourth-order valence-electron chi connectivity index (χ4n) is 14.3. The van der Waals surface area contributed by atoms with E-state index in [4.69, 9.17) is 9.47 Å². The molecule has 0 aliphatic rings. The fraction of sp³-hybridized carbons (Fsp3) is 0.976. The lowest BCUT2D eigenvalue weighted by molar-refractivity contribution is -0.159. The van der Waals surface area contributed by atoms with Crippen LogP contribution in [0.3, 0.4) is 0 Å². The summed E-state index contributed by atoms with van der Waals surface area (Å²) in [6, 6.07) is 0. The third-order valence-electron chi connectivity index (χ3n) is 20.4. The molecule has 0 aliphatic heterocycles. The van der Waals surface area contributed by atoms with Crippen LogP contribution in [-0.2, 0) is 19.1 Å². The quantitative estimate of drug-likeness (QED) is 0.0450. The highest BCUT2D eigenvalue weighted by atomic mass is 16.5. The topological polar surface area (TPSA) is 52.6 Å². The van der Waals surface area contributed by atoms with Gasteiger partial charge in [0.15, 0.2) is 0 Å². The van der Waals surface area contributed by atoms with Gasteiger partial charge in [-0.15, -0.1) is 0 Å². The summed E-state index contributed by atoms with van der Waals surface area (Å²) in [6.45, 7) is 15.0. The summed E-state index contributed by atoms with van der Waals surface area (Å²) in [5, 5.41) is 0. The van der Waals surface area contributed by atoms with Crippen molar-refractivity contribution in [3.05, 3.63) is 0 Å². The second-order valence-corrected chi connectivity index (χ2v) is 28.8. The monoisotopic (exact) mass is 1210 g/mol. The van der Waals surface area contributed by atoms with E-state index in [0.29, 0.717) is 13.2 Å². The first-order chi connectivity index (χ1) is 42.4. The van der Waals surface area contributed by atoms with E-state index in [0.717, 1.165) is 103 Å². The number of carbonyl (C=O) groups excluding carboxylic acids is 2. The van der Waals surface area contributed by atoms with E-state index in [1.807, 2.05) is 0 Å². The molecule has 514 valence electrons. The van der Waals surface area contributed by atoms with Gasteiger partial charge in [-0.2, -0.15) is 0 Å². The zero-order valence-electron chi connectivity index (χ0n) is 60.5. The second-order valence-electron chi connectivity index (χ2n) is 28.8. The highest BCUT2D eigenvalue weighted by molar-refractivity contribution is 5.77. The Hall–Kier alpha value is -1.06. The van der Waals surface area contributed by atoms with E-state index in [1.54, 1.807) is 0 Å². The highest BCUT2D eigenvalue weighted by Crippen LogP contribution is 2.42. The third kappa shape index (κ3) is 55.8. The molecule has 0 amide bonds. The van der Waals surface area contributed by atoms with Crippen molar-refractivity contribution in [2.45, 2.75) is 491 Å². The normalized spacial score (nSPS) is 13.1. The van der Waals surface area contributed by atoms with Crippen molar-refractivity contribution in [3.63, 3.8) is 0 Å². The van der Waals surface area contributed by atoms with E-state index >= 15 is 0 Å². The maximum absolute atomic E-state index is 14.8. The van der Waals surface area contributed by atoms with Crippen LogP contribution < -0.4 is 0 Å². The predicted octanol–water partition coefficient (Wildman–Crippen LogP) is 29.5. The Labute approximate surface area is 543 Å². The van der Waals surface area contributed by atoms with Gasteiger partial charge >= 0.3 is 11.9 Å². The molecule has 0 radical (unpaired) electrons. The summed E-state index contributed by atoms with van der Waals surface area (Å²) >= 11 is 0. The second kappa shape index (κ2) is 69.8. The Balaban J connectivity index is 6.19. The van der Waals surface area contributed by atoms with Gasteiger partial charge in [-0.1, -0.05) is 440 Å². The van der Waals surface area contributed by atoms with Gasteiger partial charge in [-0.25, -0.2) is 0 Å². The van der Waals surface area contributed by atoms with E-state index in [1.165, 1.54) is 347 Å². The van der Waals surface area contributed by atoms with Crippen molar-refractivity contribution in [2.75, 3.05) is 13.2 Å². The Morgan fingerprint density at radius 3 is 0.430 bits per heavy atom. The number of esters is 2. The summed E-state index contributed by atoms with van der Waals surface area (Å²) in [6.07, 6.45) is 89.7. The molecular weight excluding hydrogens is 1050 g/mol. The molecule has 0 N–H and O–H groups in total. The third-order valence-corrected chi connectivity index (χ3v) is 20.4. The van der Waals surface area contributed by atoms with Gasteiger partial charge in [0.25, 0.3) is 0 Å². The molecule has 86 heavy (non-hydrogen) atoms. The molecule has 0 spiro atoms. The van der Waals surface area contributed by atoms with E-state index in [9.17, 15) is 9.59 Å². The van der Waals surface area contributed by atoms with Crippen molar-refractivity contribution in [1.29, 1.82) is 0 Å². The van der Waals surface area contributed by atoms with E-state index in [-0.39, 0.29) is 22.8 Å². The number of carbonyl (C=O) groups is 2. The smallest absolute Gasteiger partial charge is 0.312 e. The van der Waals surface area contributed by atoms with Crippen molar-refractivity contribution in [1.82, 2.24) is 0 Å². The van der Waals surface area contributed by atoms with Crippen LogP contribution in [0.5, 0.6) is 0 Å². The van der Waals surface area contributed by atoms with Crippen molar-refractivity contribution < 1.29 is 19.1 Å². The maximum Gasteiger partial charge on any atom is 0.312 e. The number of unbranched alkanes of at least 4 members (excludes halogenated alkanes) is 57. The van der Waals surface area contributed by atoms with Gasteiger partial charge < -0.3 is 9.47 Å². The lowest BCUT2D eigenvalue weighted by Gasteiger charge is -2.33. The van der Waals surface area contributed by atoms with Crippen LogP contribution in [0.4, 0.5) is 0 Å². The molecule has 4 nitrogen and oxygen atoms in total. The van der Waals surface area contributed by atoms with Crippen LogP contribution in [0, 0.1) is 10.8 Å². The number of hydrogen-bond donors (Lipinski definition) is 0. The van der Waals surface area contributed by atoms with Crippen LogP contribution >= 0.6 is 0 Å². The van der Waals surface area contributed by atoms with Crippen LogP contribution in [0.25, 0.3) is 0 Å². The first-order valence-corrected chi connectivity index (χ1v) is 40.8. The molecule has 0 bridgehead atoms. The lowest BCUT2D eigenvalue weighted by Crippen LogP contribution is -2.34. The molecule has 4 heteroatoms. The maximum atomic E-state index is 14.8. The number of hydrogen-bond acceptors (Lipinski definition) is 4. The van der Waals surface area contributed by atoms with Gasteiger partial charge in [-0.05, 0) is 51.4 Å². The number of rotatable bonds is 75. The largest absolute Gasteiger partial charge is 0.465 e. The standard InChI is InChI=1S/C82H162O4/c1-7-13-19-25-31-37-39-41-43-45-47-51-57-65-73-81(71-63-55-49-33-27-21-15-9-3,79(83)85-77-69-61-53-35-29-23-17-11-5)75-67-59-60-68-76-82(72-64-56-50-34-28-22-16-10-4,80(84)86-78-70-62-54-36-30-24-18-12-6)74-66-58-52-48-46-44-42-40-38-32-26-20-14-8-2/h7-78H2,1-6H3. The Morgan fingerprint density at radius 1 is 0.174 bits per heavy atom. The zero-order valence-corrected chi connectivity index (χ0v) is 60.5. The minimum atomic E-state index is -0.354. The van der Waals surface area contributed by atoms with Gasteiger partial charge in [0.2, 0.25) is 0 Å². The van der Waals surface area contributed by atoms with Crippen LogP contribution in [0.1, 0.15) is 491 Å². The lowest BCUT2D eigenvalue weighted by atomic mass is 9.73. The first kappa shape index (κ1) is 84.9. The molecule has 0 aliphatic carbocycles. The summed E-state index contributed by atoms with van der Waals surface area (Å²) < 4.78 is 12.9. The number of ether oxygens (including phenoxy) is 2. The fourth-order valence-corrected chi connectivity index (χ4v) is 14.3.